The van der Waals surface area contributed by atoms with Crippen LogP contribution in [0.25, 0.3) is 22.0 Å². The molecule has 6 rings (SSSR count). The van der Waals surface area contributed by atoms with Crippen LogP contribution in [0.3, 0.4) is 0 Å². The number of hydrogen-bond donors (Lipinski definition) is 2. The Balaban J connectivity index is 0.00000173. The van der Waals surface area contributed by atoms with Gasteiger partial charge in [0.25, 0.3) is 0 Å². The van der Waals surface area contributed by atoms with Crippen molar-refractivity contribution in [2.75, 3.05) is 12.4 Å². The number of pyridine rings is 1. The minimum absolute atomic E-state index is 0.481. The second-order valence-electron chi connectivity index (χ2n) is 11.4. The molecule has 4 aromatic rings. The molecule has 5 nitrogen and oxygen atoms in total. The zero-order valence-corrected chi connectivity index (χ0v) is 26.1. The average Bonchev–Trinajstić information content (AvgIpc) is 3.00. The van der Waals surface area contributed by atoms with E-state index in [1.54, 1.807) is 0 Å². The van der Waals surface area contributed by atoms with E-state index < -0.39 is 5.54 Å². The fraction of sp³-hybridized carbons (Fsp3) is 0.351. The maximum atomic E-state index is 6.41. The van der Waals surface area contributed by atoms with Gasteiger partial charge in [-0.3, -0.25) is 4.99 Å². The molecule has 218 valence electrons. The Kier molecular flexibility index (Phi) is 8.79. The third-order valence-corrected chi connectivity index (χ3v) is 8.67. The van der Waals surface area contributed by atoms with Crippen LogP contribution in [-0.4, -0.2) is 24.3 Å². The SMILES string of the molecule is CC.CC=N/C=C(\C)C1(NC)c2ccc(C)c(c2)COc2cccc(c2)-c2cc(NC3CC(C)C3)nc3ccc1cc23. The molecule has 1 saturated carbocycles. The number of aromatic nitrogens is 1. The van der Waals surface area contributed by atoms with Gasteiger partial charge in [0, 0.05) is 23.8 Å². The van der Waals surface area contributed by atoms with Crippen LogP contribution in [0.15, 0.2) is 83.5 Å². The summed E-state index contributed by atoms with van der Waals surface area (Å²) < 4.78 is 6.41. The number of fused-ring (bicyclic) bond motifs is 6. The molecule has 1 atom stereocenters. The van der Waals surface area contributed by atoms with Crippen LogP contribution >= 0.6 is 0 Å². The number of ether oxygens (including phenoxy) is 1. The van der Waals surface area contributed by atoms with Crippen molar-refractivity contribution in [3.8, 4) is 16.9 Å². The van der Waals surface area contributed by atoms with Crippen LogP contribution in [0.5, 0.6) is 5.75 Å². The van der Waals surface area contributed by atoms with Gasteiger partial charge in [-0.15, -0.1) is 0 Å². The van der Waals surface area contributed by atoms with Gasteiger partial charge in [0.1, 0.15) is 18.2 Å². The molecular weight excluding hydrogens is 516 g/mol. The highest BCUT2D eigenvalue weighted by Gasteiger charge is 2.36. The summed E-state index contributed by atoms with van der Waals surface area (Å²) >= 11 is 0. The first kappa shape index (κ1) is 29.5. The summed E-state index contributed by atoms with van der Waals surface area (Å²) in [5.74, 6) is 2.56. The molecule has 3 aromatic carbocycles. The van der Waals surface area contributed by atoms with Crippen molar-refractivity contribution in [1.29, 1.82) is 0 Å². The first-order valence-electron chi connectivity index (χ1n) is 15.3. The third kappa shape index (κ3) is 5.46. The Hall–Kier alpha value is -3.96. The predicted molar refractivity (Wildman–Crippen MR) is 178 cm³/mol. The number of aryl methyl sites for hydroxylation is 1. The highest BCUT2D eigenvalue weighted by atomic mass is 16.5. The molecule has 1 aromatic heterocycles. The van der Waals surface area contributed by atoms with Crippen LogP contribution in [0.4, 0.5) is 5.82 Å². The lowest BCUT2D eigenvalue weighted by Gasteiger charge is -2.37. The maximum Gasteiger partial charge on any atom is 0.127 e. The number of hydrogen-bond acceptors (Lipinski definition) is 5. The second kappa shape index (κ2) is 12.5. The van der Waals surface area contributed by atoms with Gasteiger partial charge >= 0.3 is 0 Å². The smallest absolute Gasteiger partial charge is 0.127 e. The Labute approximate surface area is 251 Å². The van der Waals surface area contributed by atoms with Gasteiger partial charge in [0.05, 0.1) is 11.1 Å². The van der Waals surface area contributed by atoms with Gasteiger partial charge in [0.2, 0.25) is 0 Å². The monoisotopic (exact) mass is 560 g/mol. The minimum Gasteiger partial charge on any atom is -0.489 e. The molecular formula is C37H44N4O. The molecule has 1 aliphatic carbocycles. The standard InChI is InChI=1S/C35H38N4O.C2H6/c1-6-37-20-24(4)35(36-5)27-11-10-23(3)26(16-27)21-40-30-9-7-8-25(17-30)31-19-34(38-29-14-22(2)15-29)39-33-13-12-28(35)18-32(31)33;1-2/h6-13,16-20,22,29,36H,14-15,21H2,1-5H3,(H,38,39);1-2H3/b24-20+,37-6?;. The highest BCUT2D eigenvalue weighted by molar-refractivity contribution is 5.97. The molecule has 1 unspecified atom stereocenters. The van der Waals surface area contributed by atoms with Crippen molar-refractivity contribution < 1.29 is 4.74 Å². The van der Waals surface area contributed by atoms with E-state index in [4.69, 9.17) is 9.72 Å². The van der Waals surface area contributed by atoms with E-state index in [1.807, 2.05) is 46.3 Å². The molecule has 0 amide bonds. The van der Waals surface area contributed by atoms with Crippen LogP contribution in [-0.2, 0) is 12.1 Å². The summed E-state index contributed by atoms with van der Waals surface area (Å²) in [5.41, 5.74) is 8.41. The third-order valence-electron chi connectivity index (χ3n) is 8.67. The van der Waals surface area contributed by atoms with E-state index >= 15 is 0 Å². The van der Waals surface area contributed by atoms with Crippen LogP contribution in [0.2, 0.25) is 0 Å². The molecule has 42 heavy (non-hydrogen) atoms. The van der Waals surface area contributed by atoms with Crippen LogP contribution < -0.4 is 15.4 Å². The summed E-state index contributed by atoms with van der Waals surface area (Å²) in [4.78, 5) is 9.61. The molecule has 2 N–H and O–H groups in total. The lowest BCUT2D eigenvalue weighted by atomic mass is 9.76. The zero-order chi connectivity index (χ0) is 29.9. The molecule has 5 heteroatoms. The van der Waals surface area contributed by atoms with Crippen LogP contribution in [0.1, 0.15) is 69.7 Å². The Morgan fingerprint density at radius 1 is 1.02 bits per heavy atom. The number of nitrogens with zero attached hydrogens (tertiary/aromatic N) is 2. The van der Waals surface area contributed by atoms with Crippen molar-refractivity contribution in [3.63, 3.8) is 0 Å². The minimum atomic E-state index is -0.591. The summed E-state index contributed by atoms with van der Waals surface area (Å²) in [7, 11) is 2.03. The van der Waals surface area contributed by atoms with Gasteiger partial charge in [0.15, 0.2) is 0 Å². The maximum absolute atomic E-state index is 6.41. The summed E-state index contributed by atoms with van der Waals surface area (Å²) in [6, 6.07) is 24.5. The van der Waals surface area contributed by atoms with E-state index in [0.29, 0.717) is 12.6 Å². The molecule has 2 heterocycles. The molecule has 0 spiro atoms. The predicted octanol–water partition coefficient (Wildman–Crippen LogP) is 8.80. The topological polar surface area (TPSA) is 58.5 Å². The second-order valence-corrected chi connectivity index (χ2v) is 11.4. The Morgan fingerprint density at radius 3 is 2.52 bits per heavy atom. The summed E-state index contributed by atoms with van der Waals surface area (Å²) in [5, 5.41) is 8.52. The van der Waals surface area contributed by atoms with Crippen molar-refractivity contribution >= 4 is 22.9 Å². The lowest BCUT2D eigenvalue weighted by molar-refractivity contribution is 0.305. The van der Waals surface area contributed by atoms with E-state index in [2.05, 4.69) is 97.1 Å². The largest absolute Gasteiger partial charge is 0.489 e. The molecule has 0 saturated heterocycles. The molecule has 6 bridgehead atoms. The number of anilines is 1. The van der Waals surface area contributed by atoms with Gasteiger partial charge in [-0.05, 0) is 122 Å². The number of likely N-dealkylation sites (N-methyl/N-ethyl adjacent to an activating group) is 1. The normalized spacial score (nSPS) is 21.4. The van der Waals surface area contributed by atoms with E-state index in [9.17, 15) is 0 Å². The molecule has 1 fully saturated rings. The number of nitrogens with one attached hydrogen (secondary N) is 2. The molecule has 2 aliphatic rings. The van der Waals surface area contributed by atoms with Gasteiger partial charge in [-0.2, -0.15) is 0 Å². The van der Waals surface area contributed by atoms with Crippen molar-refractivity contribution in [2.24, 2.45) is 10.9 Å². The fourth-order valence-electron chi connectivity index (χ4n) is 6.37. The zero-order valence-electron chi connectivity index (χ0n) is 26.1. The number of aliphatic imine (C=N–C) groups is 1. The van der Waals surface area contributed by atoms with Crippen molar-refractivity contribution in [1.82, 2.24) is 10.3 Å². The highest BCUT2D eigenvalue weighted by Crippen LogP contribution is 2.41. The molecule has 1 aliphatic heterocycles. The Morgan fingerprint density at radius 2 is 1.79 bits per heavy atom. The number of benzene rings is 3. The van der Waals surface area contributed by atoms with Crippen molar-refractivity contribution in [3.05, 3.63) is 101 Å². The number of rotatable bonds is 5. The molecule has 0 radical (unpaired) electrons. The van der Waals surface area contributed by atoms with Gasteiger partial charge < -0.3 is 15.4 Å². The van der Waals surface area contributed by atoms with Crippen LogP contribution in [0, 0.1) is 12.8 Å². The summed E-state index contributed by atoms with van der Waals surface area (Å²) in [6.45, 7) is 13.0. The first-order valence-corrected chi connectivity index (χ1v) is 15.3. The van der Waals surface area contributed by atoms with E-state index in [0.717, 1.165) is 61.8 Å². The average molecular weight is 561 g/mol. The van der Waals surface area contributed by atoms with Gasteiger partial charge in [-0.1, -0.05) is 51.1 Å². The Bertz CT molecular complexity index is 1630. The lowest BCUT2D eigenvalue weighted by Crippen LogP contribution is -2.42. The first-order chi connectivity index (χ1) is 20.4. The fourth-order valence-corrected chi connectivity index (χ4v) is 6.37. The summed E-state index contributed by atoms with van der Waals surface area (Å²) in [6.07, 6.45) is 6.16. The van der Waals surface area contributed by atoms with E-state index in [1.165, 1.54) is 18.4 Å². The quantitative estimate of drug-likeness (QED) is 0.240. The van der Waals surface area contributed by atoms with Gasteiger partial charge in [-0.25, -0.2) is 4.98 Å². The van der Waals surface area contributed by atoms with E-state index in [-0.39, 0.29) is 0 Å². The van der Waals surface area contributed by atoms with Crippen molar-refractivity contribution in [2.45, 2.75) is 72.6 Å².